The van der Waals surface area contributed by atoms with Gasteiger partial charge in [0.15, 0.2) is 0 Å². The molecule has 0 aliphatic carbocycles. The summed E-state index contributed by atoms with van der Waals surface area (Å²) in [7, 11) is 0. The normalized spacial score (nSPS) is 10.1. The molecule has 102 valence electrons. The smallest absolute Gasteiger partial charge is 0.405 e. The van der Waals surface area contributed by atoms with Gasteiger partial charge in [0.1, 0.15) is 5.60 Å². The highest BCUT2D eigenvalue weighted by molar-refractivity contribution is 5.66. The van der Waals surface area contributed by atoms with Crippen LogP contribution in [0.25, 0.3) is 0 Å². The molecule has 0 atom stereocenters. The van der Waals surface area contributed by atoms with E-state index in [2.05, 4.69) is 11.7 Å². The summed E-state index contributed by atoms with van der Waals surface area (Å²) in [4.78, 5) is 20.0. The zero-order valence-electron chi connectivity index (χ0n) is 11.3. The third kappa shape index (κ3) is 25.2. The second kappa shape index (κ2) is 9.93. The highest BCUT2D eigenvalue weighted by atomic mass is 16.6. The van der Waals surface area contributed by atoms with Crippen molar-refractivity contribution in [1.29, 1.82) is 0 Å². The number of primary amides is 1. The van der Waals surface area contributed by atoms with Crippen molar-refractivity contribution >= 4 is 12.1 Å². The van der Waals surface area contributed by atoms with Gasteiger partial charge in [0.2, 0.25) is 0 Å². The zero-order chi connectivity index (χ0) is 13.9. The van der Waals surface area contributed by atoms with E-state index in [4.69, 9.17) is 10.8 Å². The summed E-state index contributed by atoms with van der Waals surface area (Å²) >= 11 is 0. The molecular weight excluding hydrogens is 222 g/mol. The van der Waals surface area contributed by atoms with E-state index in [1.54, 1.807) is 20.8 Å². The standard InChI is InChI=1S/C7H14O2.C5H11NO2/c1-2-3-4-5-6-7(8)9;1-5(2,3)8-4(6)7/h2-6H2,1H3,(H,8,9);1-3H3,(H2,6,7). The molecule has 0 aromatic heterocycles. The molecular formula is C12H25NO4. The Morgan fingerprint density at radius 2 is 1.71 bits per heavy atom. The number of carbonyl (C=O) groups excluding carboxylic acids is 1. The van der Waals surface area contributed by atoms with Gasteiger partial charge in [0, 0.05) is 6.42 Å². The van der Waals surface area contributed by atoms with Crippen molar-refractivity contribution in [2.75, 3.05) is 0 Å². The molecule has 0 spiro atoms. The van der Waals surface area contributed by atoms with Crippen LogP contribution in [-0.2, 0) is 9.53 Å². The van der Waals surface area contributed by atoms with Gasteiger partial charge < -0.3 is 15.6 Å². The number of rotatable bonds is 5. The van der Waals surface area contributed by atoms with Crippen molar-refractivity contribution in [3.8, 4) is 0 Å². The van der Waals surface area contributed by atoms with E-state index < -0.39 is 17.7 Å². The van der Waals surface area contributed by atoms with E-state index in [0.29, 0.717) is 6.42 Å². The second-order valence-electron chi connectivity index (χ2n) is 4.74. The summed E-state index contributed by atoms with van der Waals surface area (Å²) < 4.78 is 4.58. The summed E-state index contributed by atoms with van der Waals surface area (Å²) in [5, 5.41) is 8.21. The lowest BCUT2D eigenvalue weighted by molar-refractivity contribution is -0.137. The van der Waals surface area contributed by atoms with Gasteiger partial charge in [-0.3, -0.25) is 4.79 Å². The third-order valence-electron chi connectivity index (χ3n) is 1.65. The number of amides is 1. The van der Waals surface area contributed by atoms with Crippen LogP contribution in [-0.4, -0.2) is 22.8 Å². The average Bonchev–Trinajstić information content (AvgIpc) is 2.09. The fraction of sp³-hybridized carbons (Fsp3) is 0.833. The number of hydrogen-bond donors (Lipinski definition) is 2. The number of carbonyl (C=O) groups is 2. The minimum atomic E-state index is -0.725. The van der Waals surface area contributed by atoms with E-state index >= 15 is 0 Å². The molecule has 0 unspecified atom stereocenters. The van der Waals surface area contributed by atoms with Crippen LogP contribution in [0.2, 0.25) is 0 Å². The minimum Gasteiger partial charge on any atom is -0.481 e. The van der Waals surface area contributed by atoms with E-state index in [9.17, 15) is 9.59 Å². The maximum Gasteiger partial charge on any atom is 0.405 e. The second-order valence-corrected chi connectivity index (χ2v) is 4.74. The molecule has 0 aliphatic heterocycles. The number of nitrogens with two attached hydrogens (primary N) is 1. The van der Waals surface area contributed by atoms with Gasteiger partial charge in [-0.2, -0.15) is 0 Å². The molecule has 5 nitrogen and oxygen atoms in total. The van der Waals surface area contributed by atoms with Gasteiger partial charge >= 0.3 is 12.1 Å². The number of aliphatic carboxylic acids is 1. The van der Waals surface area contributed by atoms with Crippen molar-refractivity contribution in [1.82, 2.24) is 0 Å². The molecule has 0 aromatic rings. The Balaban J connectivity index is 0. The molecule has 0 radical (unpaired) electrons. The summed E-state index contributed by atoms with van der Waals surface area (Å²) in [5.41, 5.74) is 4.26. The average molecular weight is 247 g/mol. The van der Waals surface area contributed by atoms with Gasteiger partial charge in [-0.05, 0) is 27.2 Å². The van der Waals surface area contributed by atoms with E-state index in [1.165, 1.54) is 6.42 Å². The first-order chi connectivity index (χ1) is 7.69. The zero-order valence-corrected chi connectivity index (χ0v) is 11.3. The Morgan fingerprint density at radius 3 is 1.94 bits per heavy atom. The molecule has 0 rings (SSSR count). The van der Waals surface area contributed by atoms with Gasteiger partial charge in [-0.25, -0.2) is 4.79 Å². The molecule has 0 aromatic carbocycles. The molecule has 0 saturated heterocycles. The Kier molecular flexibility index (Phi) is 10.6. The fourth-order valence-electron chi connectivity index (χ4n) is 1.00. The van der Waals surface area contributed by atoms with Crippen LogP contribution >= 0.6 is 0 Å². The Labute approximate surface area is 103 Å². The summed E-state index contributed by atoms with van der Waals surface area (Å²) in [6.45, 7) is 7.40. The summed E-state index contributed by atoms with van der Waals surface area (Å²) in [6.07, 6.45) is 3.83. The molecule has 0 heterocycles. The highest BCUT2D eigenvalue weighted by Crippen LogP contribution is 2.04. The van der Waals surface area contributed by atoms with Crippen molar-refractivity contribution in [2.24, 2.45) is 5.73 Å². The predicted molar refractivity (Wildman–Crippen MR) is 66.8 cm³/mol. The molecule has 0 fully saturated rings. The van der Waals surface area contributed by atoms with Crippen molar-refractivity contribution < 1.29 is 19.4 Å². The quantitative estimate of drug-likeness (QED) is 0.731. The number of carboxylic acid groups (broad SMARTS) is 1. The minimum absolute atomic E-state index is 0.333. The molecule has 17 heavy (non-hydrogen) atoms. The largest absolute Gasteiger partial charge is 0.481 e. The van der Waals surface area contributed by atoms with Gasteiger partial charge in [-0.1, -0.05) is 26.2 Å². The van der Waals surface area contributed by atoms with Crippen LogP contribution in [0.1, 0.15) is 59.8 Å². The van der Waals surface area contributed by atoms with Crippen LogP contribution in [0.5, 0.6) is 0 Å². The number of ether oxygens (including phenoxy) is 1. The summed E-state index contributed by atoms with van der Waals surface area (Å²) in [6, 6.07) is 0. The molecule has 3 N–H and O–H groups in total. The monoisotopic (exact) mass is 247 g/mol. The van der Waals surface area contributed by atoms with Crippen LogP contribution in [0, 0.1) is 0 Å². The van der Waals surface area contributed by atoms with E-state index in [0.717, 1.165) is 19.3 Å². The first-order valence-corrected chi connectivity index (χ1v) is 5.89. The topological polar surface area (TPSA) is 89.6 Å². The number of hydrogen-bond acceptors (Lipinski definition) is 3. The van der Waals surface area contributed by atoms with Gasteiger partial charge in [-0.15, -0.1) is 0 Å². The van der Waals surface area contributed by atoms with Crippen LogP contribution in [0.3, 0.4) is 0 Å². The highest BCUT2D eigenvalue weighted by Gasteiger charge is 2.12. The number of carboxylic acids is 1. The SMILES string of the molecule is CC(C)(C)OC(N)=O.CCCCCCC(=O)O. The lowest BCUT2D eigenvalue weighted by Gasteiger charge is -2.16. The number of unbranched alkanes of at least 4 members (excludes halogenated alkanes) is 3. The fourth-order valence-corrected chi connectivity index (χ4v) is 1.00. The first kappa shape index (κ1) is 18.1. The van der Waals surface area contributed by atoms with Crippen molar-refractivity contribution in [2.45, 2.75) is 65.4 Å². The summed E-state index contributed by atoms with van der Waals surface area (Å²) in [5.74, 6) is -0.675. The molecule has 0 saturated carbocycles. The van der Waals surface area contributed by atoms with Crippen molar-refractivity contribution in [3.63, 3.8) is 0 Å². The predicted octanol–water partition coefficient (Wildman–Crippen LogP) is 2.92. The maximum absolute atomic E-state index is 10.0. The van der Waals surface area contributed by atoms with Crippen LogP contribution < -0.4 is 5.73 Å². The Hall–Kier alpha value is -1.26. The maximum atomic E-state index is 10.0. The van der Waals surface area contributed by atoms with E-state index in [1.807, 2.05) is 0 Å². The lowest BCUT2D eigenvalue weighted by atomic mass is 10.2. The lowest BCUT2D eigenvalue weighted by Crippen LogP contribution is -2.27. The molecule has 0 bridgehead atoms. The third-order valence-corrected chi connectivity index (χ3v) is 1.65. The molecule has 1 amide bonds. The Morgan fingerprint density at radius 1 is 1.18 bits per heavy atom. The van der Waals surface area contributed by atoms with Crippen LogP contribution in [0.4, 0.5) is 4.79 Å². The molecule has 5 heteroatoms. The van der Waals surface area contributed by atoms with Crippen molar-refractivity contribution in [3.05, 3.63) is 0 Å². The van der Waals surface area contributed by atoms with Gasteiger partial charge in [0.25, 0.3) is 0 Å². The Bertz CT molecular complexity index is 221. The first-order valence-electron chi connectivity index (χ1n) is 5.89. The molecule has 0 aliphatic rings. The van der Waals surface area contributed by atoms with Crippen LogP contribution in [0.15, 0.2) is 0 Å². The van der Waals surface area contributed by atoms with E-state index in [-0.39, 0.29) is 0 Å². The van der Waals surface area contributed by atoms with Gasteiger partial charge in [0.05, 0.1) is 0 Å².